The molecule has 1 aromatic carbocycles. The highest BCUT2D eigenvalue weighted by atomic mass is 35.5. The van der Waals surface area contributed by atoms with Crippen LogP contribution in [0.1, 0.15) is 19.4 Å². The van der Waals surface area contributed by atoms with Gasteiger partial charge < -0.3 is 10.2 Å². The van der Waals surface area contributed by atoms with Gasteiger partial charge in [-0.3, -0.25) is 14.5 Å². The van der Waals surface area contributed by atoms with Crippen molar-refractivity contribution in [2.24, 2.45) is 0 Å². The molecule has 0 atom stereocenters. The van der Waals surface area contributed by atoms with E-state index in [1.54, 1.807) is 12.1 Å². The van der Waals surface area contributed by atoms with E-state index >= 15 is 0 Å². The predicted molar refractivity (Wildman–Crippen MR) is 91.5 cm³/mol. The first-order chi connectivity index (χ1) is 10.9. The highest BCUT2D eigenvalue weighted by Crippen LogP contribution is 2.11. The van der Waals surface area contributed by atoms with Gasteiger partial charge in [0.25, 0.3) is 0 Å². The van der Waals surface area contributed by atoms with Gasteiger partial charge in [-0.15, -0.1) is 0 Å². The zero-order valence-corrected chi connectivity index (χ0v) is 14.5. The summed E-state index contributed by atoms with van der Waals surface area (Å²) < 4.78 is 0. The molecule has 0 unspecified atom stereocenters. The lowest BCUT2D eigenvalue weighted by molar-refractivity contribution is -0.132. The molecule has 1 aliphatic rings. The van der Waals surface area contributed by atoms with Crippen molar-refractivity contribution in [1.29, 1.82) is 0 Å². The van der Waals surface area contributed by atoms with E-state index in [1.807, 2.05) is 30.9 Å². The van der Waals surface area contributed by atoms with Gasteiger partial charge in [-0.25, -0.2) is 0 Å². The Labute approximate surface area is 142 Å². The average molecular weight is 338 g/mol. The summed E-state index contributed by atoms with van der Waals surface area (Å²) in [5, 5.41) is 3.56. The van der Waals surface area contributed by atoms with Gasteiger partial charge in [0, 0.05) is 37.2 Å². The van der Waals surface area contributed by atoms with E-state index in [0.717, 1.165) is 18.7 Å². The topological polar surface area (TPSA) is 52.7 Å². The summed E-state index contributed by atoms with van der Waals surface area (Å²) in [6.07, 6.45) is 0.394. The van der Waals surface area contributed by atoms with E-state index in [1.165, 1.54) is 0 Å². The van der Waals surface area contributed by atoms with Crippen LogP contribution >= 0.6 is 11.6 Å². The lowest BCUT2D eigenvalue weighted by atomic mass is 10.1. The summed E-state index contributed by atoms with van der Waals surface area (Å²) in [6.45, 7) is 7.10. The lowest BCUT2D eigenvalue weighted by Crippen LogP contribution is -2.51. The molecule has 5 nitrogen and oxygen atoms in total. The summed E-state index contributed by atoms with van der Waals surface area (Å²) >= 11 is 5.85. The van der Waals surface area contributed by atoms with Gasteiger partial charge in [0.05, 0.1) is 13.0 Å². The maximum Gasteiger partial charge on any atom is 0.234 e. The van der Waals surface area contributed by atoms with Crippen molar-refractivity contribution in [1.82, 2.24) is 15.1 Å². The Bertz CT molecular complexity index is 537. The van der Waals surface area contributed by atoms with E-state index in [0.29, 0.717) is 31.1 Å². The fourth-order valence-electron chi connectivity index (χ4n) is 2.61. The Morgan fingerprint density at radius 2 is 1.74 bits per heavy atom. The molecule has 2 amide bonds. The monoisotopic (exact) mass is 337 g/mol. The van der Waals surface area contributed by atoms with Crippen LogP contribution in [0.4, 0.5) is 0 Å². The van der Waals surface area contributed by atoms with Gasteiger partial charge in [0.2, 0.25) is 11.8 Å². The summed E-state index contributed by atoms with van der Waals surface area (Å²) in [5.41, 5.74) is 0.971. The maximum atomic E-state index is 12.3. The summed E-state index contributed by atoms with van der Waals surface area (Å²) in [6, 6.07) is 7.52. The molecule has 1 N–H and O–H groups in total. The molecule has 1 aliphatic heterocycles. The Hall–Kier alpha value is -1.59. The first kappa shape index (κ1) is 17.8. The van der Waals surface area contributed by atoms with Gasteiger partial charge in [0.15, 0.2) is 0 Å². The Morgan fingerprint density at radius 3 is 2.30 bits per heavy atom. The SMILES string of the molecule is CC(C)NC(=O)CN1CCN(C(=O)Cc2ccc(Cl)cc2)CC1. The molecule has 1 saturated heterocycles. The lowest BCUT2D eigenvalue weighted by Gasteiger charge is -2.34. The van der Waals surface area contributed by atoms with E-state index in [2.05, 4.69) is 10.2 Å². The van der Waals surface area contributed by atoms with Crippen LogP contribution in [0, 0.1) is 0 Å². The molecule has 0 bridgehead atoms. The van der Waals surface area contributed by atoms with Crippen LogP contribution in [0.3, 0.4) is 0 Å². The van der Waals surface area contributed by atoms with Crippen LogP contribution in [0.15, 0.2) is 24.3 Å². The molecule has 23 heavy (non-hydrogen) atoms. The number of rotatable bonds is 5. The summed E-state index contributed by atoms with van der Waals surface area (Å²) in [4.78, 5) is 28.0. The van der Waals surface area contributed by atoms with Crippen molar-refractivity contribution >= 4 is 23.4 Å². The first-order valence-electron chi connectivity index (χ1n) is 7.98. The molecule has 0 radical (unpaired) electrons. The molecule has 126 valence electrons. The fraction of sp³-hybridized carbons (Fsp3) is 0.529. The third kappa shape index (κ3) is 5.84. The number of piperazine rings is 1. The van der Waals surface area contributed by atoms with E-state index in [9.17, 15) is 9.59 Å². The third-order valence-electron chi connectivity index (χ3n) is 3.81. The van der Waals surface area contributed by atoms with Crippen molar-refractivity contribution in [2.45, 2.75) is 26.3 Å². The van der Waals surface area contributed by atoms with Crippen molar-refractivity contribution < 1.29 is 9.59 Å². The zero-order valence-electron chi connectivity index (χ0n) is 13.7. The zero-order chi connectivity index (χ0) is 16.8. The Balaban J connectivity index is 1.76. The van der Waals surface area contributed by atoms with Crippen LogP contribution in [-0.2, 0) is 16.0 Å². The van der Waals surface area contributed by atoms with Gasteiger partial charge in [-0.2, -0.15) is 0 Å². The smallest absolute Gasteiger partial charge is 0.234 e. The number of halogens is 1. The Morgan fingerprint density at radius 1 is 1.13 bits per heavy atom. The number of carbonyl (C=O) groups excluding carboxylic acids is 2. The number of amides is 2. The van der Waals surface area contributed by atoms with Crippen LogP contribution in [0.5, 0.6) is 0 Å². The average Bonchev–Trinajstić information content (AvgIpc) is 2.49. The van der Waals surface area contributed by atoms with E-state index in [-0.39, 0.29) is 17.9 Å². The number of nitrogens with one attached hydrogen (secondary N) is 1. The molecular formula is C17H24ClN3O2. The highest BCUT2D eigenvalue weighted by Gasteiger charge is 2.22. The number of hydrogen-bond donors (Lipinski definition) is 1. The summed E-state index contributed by atoms with van der Waals surface area (Å²) in [5.74, 6) is 0.166. The quantitative estimate of drug-likeness (QED) is 0.887. The van der Waals surface area contributed by atoms with Crippen LogP contribution in [0.2, 0.25) is 5.02 Å². The molecule has 2 rings (SSSR count). The number of benzene rings is 1. The maximum absolute atomic E-state index is 12.3. The normalized spacial score (nSPS) is 15.7. The standard InChI is InChI=1S/C17H24ClN3O2/c1-13(2)19-16(22)12-20-7-9-21(10-8-20)17(23)11-14-3-5-15(18)6-4-14/h3-6,13H,7-12H2,1-2H3,(H,19,22). The predicted octanol–water partition coefficient (Wildman–Crippen LogP) is 1.55. The molecule has 0 aliphatic carbocycles. The van der Waals surface area contributed by atoms with Gasteiger partial charge in [-0.05, 0) is 31.5 Å². The fourth-order valence-corrected chi connectivity index (χ4v) is 2.74. The van der Waals surface area contributed by atoms with Crippen LogP contribution < -0.4 is 5.32 Å². The number of hydrogen-bond acceptors (Lipinski definition) is 3. The molecular weight excluding hydrogens is 314 g/mol. The molecule has 6 heteroatoms. The molecule has 0 aromatic heterocycles. The van der Waals surface area contributed by atoms with Crippen molar-refractivity contribution in [3.05, 3.63) is 34.9 Å². The molecule has 1 heterocycles. The highest BCUT2D eigenvalue weighted by molar-refractivity contribution is 6.30. The minimum absolute atomic E-state index is 0.0425. The number of nitrogens with zero attached hydrogens (tertiary/aromatic N) is 2. The van der Waals surface area contributed by atoms with Crippen molar-refractivity contribution in [2.75, 3.05) is 32.7 Å². The molecule has 0 spiro atoms. The molecule has 0 saturated carbocycles. The van der Waals surface area contributed by atoms with Crippen LogP contribution in [-0.4, -0.2) is 60.4 Å². The van der Waals surface area contributed by atoms with Crippen molar-refractivity contribution in [3.8, 4) is 0 Å². The van der Waals surface area contributed by atoms with Crippen molar-refractivity contribution in [3.63, 3.8) is 0 Å². The second-order valence-corrected chi connectivity index (χ2v) is 6.62. The Kier molecular flexibility index (Phi) is 6.42. The minimum Gasteiger partial charge on any atom is -0.353 e. The molecule has 1 fully saturated rings. The number of carbonyl (C=O) groups is 2. The van der Waals surface area contributed by atoms with Crippen LogP contribution in [0.25, 0.3) is 0 Å². The first-order valence-corrected chi connectivity index (χ1v) is 8.36. The summed E-state index contributed by atoms with van der Waals surface area (Å²) in [7, 11) is 0. The molecule has 1 aromatic rings. The second-order valence-electron chi connectivity index (χ2n) is 6.18. The van der Waals surface area contributed by atoms with Gasteiger partial charge in [0.1, 0.15) is 0 Å². The van der Waals surface area contributed by atoms with Gasteiger partial charge >= 0.3 is 0 Å². The largest absolute Gasteiger partial charge is 0.353 e. The van der Waals surface area contributed by atoms with E-state index < -0.39 is 0 Å². The third-order valence-corrected chi connectivity index (χ3v) is 4.06. The van der Waals surface area contributed by atoms with E-state index in [4.69, 9.17) is 11.6 Å². The second kappa shape index (κ2) is 8.31. The van der Waals surface area contributed by atoms with Gasteiger partial charge in [-0.1, -0.05) is 23.7 Å². The minimum atomic E-state index is 0.0425.